The molecule has 0 radical (unpaired) electrons. The lowest BCUT2D eigenvalue weighted by Gasteiger charge is -2.26. The summed E-state index contributed by atoms with van der Waals surface area (Å²) in [4.78, 5) is 11.9. The van der Waals surface area contributed by atoms with Crippen LogP contribution in [0.5, 0.6) is 0 Å². The van der Waals surface area contributed by atoms with Crippen LogP contribution in [-0.4, -0.2) is 37.8 Å². The van der Waals surface area contributed by atoms with Crippen LogP contribution in [-0.2, 0) is 10.0 Å². The van der Waals surface area contributed by atoms with Crippen molar-refractivity contribution in [1.29, 1.82) is 0 Å². The van der Waals surface area contributed by atoms with Crippen LogP contribution in [0.15, 0.2) is 23.1 Å². The lowest BCUT2D eigenvalue weighted by atomic mass is 10.1. The molecule has 0 saturated carbocycles. The number of nitrogens with zero attached hydrogens (tertiary/aromatic N) is 1. The van der Waals surface area contributed by atoms with E-state index in [0.717, 1.165) is 44.2 Å². The van der Waals surface area contributed by atoms with Gasteiger partial charge in [-0.05, 0) is 43.9 Å². The summed E-state index contributed by atoms with van der Waals surface area (Å²) >= 11 is 0. The van der Waals surface area contributed by atoms with Crippen molar-refractivity contribution < 1.29 is 17.6 Å². The average Bonchev–Trinajstić information content (AvgIpc) is 2.60. The Morgan fingerprint density at radius 3 is 2.42 bits per heavy atom. The zero-order chi connectivity index (χ0) is 17.7. The molecule has 1 aliphatic rings. The Kier molecular flexibility index (Phi) is 6.34. The van der Waals surface area contributed by atoms with E-state index in [1.165, 1.54) is 10.4 Å². The first-order valence-electron chi connectivity index (χ1n) is 8.50. The molecule has 0 aromatic heterocycles. The van der Waals surface area contributed by atoms with Gasteiger partial charge in [-0.3, -0.25) is 4.79 Å². The molecule has 24 heavy (non-hydrogen) atoms. The van der Waals surface area contributed by atoms with Crippen LogP contribution in [0, 0.1) is 5.82 Å². The second-order valence-corrected chi connectivity index (χ2v) is 8.00. The molecule has 0 spiro atoms. The fraction of sp³-hybridized carbons (Fsp3) is 0.588. The van der Waals surface area contributed by atoms with E-state index < -0.39 is 20.7 Å². The lowest BCUT2D eigenvalue weighted by Crippen LogP contribution is -2.36. The van der Waals surface area contributed by atoms with Crippen molar-refractivity contribution in [2.75, 3.05) is 13.1 Å². The van der Waals surface area contributed by atoms with Gasteiger partial charge in [0.2, 0.25) is 10.0 Å². The van der Waals surface area contributed by atoms with E-state index in [4.69, 9.17) is 0 Å². The maximum atomic E-state index is 14.1. The molecule has 0 unspecified atom stereocenters. The Morgan fingerprint density at radius 2 is 1.83 bits per heavy atom. The van der Waals surface area contributed by atoms with Crippen LogP contribution < -0.4 is 5.32 Å². The average molecular weight is 356 g/mol. The van der Waals surface area contributed by atoms with Gasteiger partial charge >= 0.3 is 0 Å². The molecular formula is C17H25FN2O3S. The van der Waals surface area contributed by atoms with Gasteiger partial charge in [0.25, 0.3) is 5.91 Å². The number of sulfonamides is 1. The molecule has 1 heterocycles. The van der Waals surface area contributed by atoms with Gasteiger partial charge in [0, 0.05) is 24.7 Å². The van der Waals surface area contributed by atoms with Crippen LogP contribution in [0.1, 0.15) is 56.3 Å². The van der Waals surface area contributed by atoms with Gasteiger partial charge in [0.15, 0.2) is 0 Å². The lowest BCUT2D eigenvalue weighted by molar-refractivity contribution is 0.0934. The van der Waals surface area contributed by atoms with Gasteiger partial charge in [0.05, 0.1) is 0 Å². The second-order valence-electron chi connectivity index (χ2n) is 6.10. The standard InChI is InChI=1S/C17H25FN2O3S/c1-3-14(4-2)19-17(21)13-8-9-15(18)16(12-13)24(22,23)20-10-6-5-7-11-20/h8-9,12,14H,3-7,10-11H2,1-2H3,(H,19,21). The van der Waals surface area contributed by atoms with E-state index >= 15 is 0 Å². The molecule has 0 bridgehead atoms. The molecule has 1 amide bonds. The number of nitrogens with one attached hydrogen (secondary N) is 1. The first kappa shape index (κ1) is 18.9. The molecule has 1 aromatic rings. The summed E-state index contributed by atoms with van der Waals surface area (Å²) in [6.07, 6.45) is 4.09. The fourth-order valence-corrected chi connectivity index (χ4v) is 4.46. The van der Waals surface area contributed by atoms with Crippen LogP contribution in [0.2, 0.25) is 0 Å². The summed E-state index contributed by atoms with van der Waals surface area (Å²) in [7, 11) is -3.91. The Hall–Kier alpha value is -1.47. The largest absolute Gasteiger partial charge is 0.349 e. The highest BCUT2D eigenvalue weighted by molar-refractivity contribution is 7.89. The quantitative estimate of drug-likeness (QED) is 0.852. The molecule has 1 fully saturated rings. The Morgan fingerprint density at radius 1 is 1.21 bits per heavy atom. The van der Waals surface area contributed by atoms with Crippen molar-refractivity contribution in [3.8, 4) is 0 Å². The summed E-state index contributed by atoms with van der Waals surface area (Å²) in [6, 6.07) is 3.54. The van der Waals surface area contributed by atoms with Crippen molar-refractivity contribution in [2.45, 2.75) is 56.9 Å². The molecule has 5 nitrogen and oxygen atoms in total. The van der Waals surface area contributed by atoms with Gasteiger partial charge in [-0.2, -0.15) is 4.31 Å². The predicted octanol–water partition coefficient (Wildman–Crippen LogP) is 2.92. The molecule has 1 aliphatic heterocycles. The third-order valence-corrected chi connectivity index (χ3v) is 6.36. The van der Waals surface area contributed by atoms with Crippen molar-refractivity contribution in [2.24, 2.45) is 0 Å². The first-order chi connectivity index (χ1) is 11.4. The predicted molar refractivity (Wildman–Crippen MR) is 90.8 cm³/mol. The summed E-state index contributed by atoms with van der Waals surface area (Å²) in [5.74, 6) is -1.20. The highest BCUT2D eigenvalue weighted by Crippen LogP contribution is 2.24. The van der Waals surface area contributed by atoms with E-state index in [1.54, 1.807) is 0 Å². The maximum absolute atomic E-state index is 14.1. The van der Waals surface area contributed by atoms with Gasteiger partial charge in [-0.25, -0.2) is 12.8 Å². The number of amides is 1. The number of carbonyl (C=O) groups excluding carboxylic acids is 1. The van der Waals surface area contributed by atoms with Crippen LogP contribution in [0.3, 0.4) is 0 Å². The zero-order valence-corrected chi connectivity index (χ0v) is 15.0. The van der Waals surface area contributed by atoms with E-state index in [2.05, 4.69) is 5.32 Å². The molecular weight excluding hydrogens is 331 g/mol. The van der Waals surface area contributed by atoms with Gasteiger partial charge in [-0.15, -0.1) is 0 Å². The SMILES string of the molecule is CCC(CC)NC(=O)c1ccc(F)c(S(=O)(=O)N2CCCCC2)c1. The van der Waals surface area contributed by atoms with Crippen LogP contribution in [0.4, 0.5) is 4.39 Å². The maximum Gasteiger partial charge on any atom is 0.251 e. The monoisotopic (exact) mass is 356 g/mol. The number of piperidine rings is 1. The van der Waals surface area contributed by atoms with E-state index in [0.29, 0.717) is 13.1 Å². The first-order valence-corrected chi connectivity index (χ1v) is 9.94. The number of carbonyl (C=O) groups is 1. The van der Waals surface area contributed by atoms with Crippen molar-refractivity contribution in [3.63, 3.8) is 0 Å². The van der Waals surface area contributed by atoms with Crippen molar-refractivity contribution in [1.82, 2.24) is 9.62 Å². The molecule has 1 N–H and O–H groups in total. The van der Waals surface area contributed by atoms with Gasteiger partial charge in [0.1, 0.15) is 10.7 Å². The summed E-state index contributed by atoms with van der Waals surface area (Å²) in [5.41, 5.74) is 0.166. The number of hydrogen-bond acceptors (Lipinski definition) is 3. The number of halogens is 1. The van der Waals surface area contributed by atoms with E-state index in [1.807, 2.05) is 13.8 Å². The summed E-state index contributed by atoms with van der Waals surface area (Å²) < 4.78 is 40.8. The fourth-order valence-electron chi connectivity index (χ4n) is 2.85. The topological polar surface area (TPSA) is 66.5 Å². The number of hydrogen-bond donors (Lipinski definition) is 1. The molecule has 0 atom stereocenters. The summed E-state index contributed by atoms with van der Waals surface area (Å²) in [6.45, 7) is 4.72. The van der Waals surface area contributed by atoms with Gasteiger partial charge < -0.3 is 5.32 Å². The van der Waals surface area contributed by atoms with Crippen LogP contribution in [0.25, 0.3) is 0 Å². The van der Waals surface area contributed by atoms with Crippen LogP contribution >= 0.6 is 0 Å². The molecule has 0 aliphatic carbocycles. The van der Waals surface area contributed by atoms with Crippen molar-refractivity contribution >= 4 is 15.9 Å². The van der Waals surface area contributed by atoms with E-state index in [9.17, 15) is 17.6 Å². The third-order valence-electron chi connectivity index (χ3n) is 4.45. The molecule has 134 valence electrons. The zero-order valence-electron chi connectivity index (χ0n) is 14.2. The number of rotatable bonds is 6. The Balaban J connectivity index is 2.29. The van der Waals surface area contributed by atoms with E-state index in [-0.39, 0.29) is 17.5 Å². The third kappa shape index (κ3) is 4.13. The van der Waals surface area contributed by atoms with Gasteiger partial charge in [-0.1, -0.05) is 20.3 Å². The molecule has 2 rings (SSSR count). The minimum Gasteiger partial charge on any atom is -0.349 e. The smallest absolute Gasteiger partial charge is 0.251 e. The highest BCUT2D eigenvalue weighted by Gasteiger charge is 2.29. The second kappa shape index (κ2) is 8.07. The Labute approximate surface area is 143 Å². The Bertz CT molecular complexity index is 681. The minimum absolute atomic E-state index is 0.0182. The molecule has 1 saturated heterocycles. The normalized spacial score (nSPS) is 16.3. The highest BCUT2D eigenvalue weighted by atomic mass is 32.2. The molecule has 1 aromatic carbocycles. The number of benzene rings is 1. The van der Waals surface area contributed by atoms with Crippen molar-refractivity contribution in [3.05, 3.63) is 29.6 Å². The summed E-state index contributed by atoms with van der Waals surface area (Å²) in [5, 5.41) is 2.84. The molecule has 7 heteroatoms. The minimum atomic E-state index is -3.91.